The summed E-state index contributed by atoms with van der Waals surface area (Å²) in [6.45, 7) is 29.5. The van der Waals surface area contributed by atoms with Crippen LogP contribution in [0.1, 0.15) is 0 Å². The van der Waals surface area contributed by atoms with Crippen molar-refractivity contribution in [1.29, 1.82) is 0 Å². The Morgan fingerprint density at radius 3 is 0.600 bits per heavy atom. The number of rotatable bonds is 74. The van der Waals surface area contributed by atoms with Crippen LogP contribution in [0.15, 0.2) is 0 Å². The van der Waals surface area contributed by atoms with Crippen molar-refractivity contribution >= 4 is 0 Å². The van der Waals surface area contributed by atoms with Crippen molar-refractivity contribution in [1.82, 2.24) is 45.8 Å². The zero-order valence-corrected chi connectivity index (χ0v) is 61.1. The Hall–Kier alpha value is -1.44. The number of epoxide rings is 4. The highest BCUT2D eigenvalue weighted by Gasteiger charge is 2.38. The van der Waals surface area contributed by atoms with Crippen LogP contribution in [0.2, 0.25) is 0 Å². The Morgan fingerprint density at radius 1 is 0.280 bits per heavy atom. The highest BCUT2D eigenvalue weighted by Crippen LogP contribution is 2.26. The largest absolute Gasteiger partial charge is 0.389 e. The molecule has 4 fully saturated rings. The number of ether oxygens (including phenoxy) is 12. The smallest absolute Gasteiger partial charge is 0.104 e. The fourth-order valence-corrected chi connectivity index (χ4v) is 10.4. The highest BCUT2D eigenvalue weighted by atomic mass is 16.6. The third-order valence-corrected chi connectivity index (χ3v) is 16.2. The molecular formula is C64H146N20O16. The predicted molar refractivity (Wildman–Crippen MR) is 388 cm³/mol. The van der Waals surface area contributed by atoms with Gasteiger partial charge in [0.15, 0.2) is 0 Å². The maximum Gasteiger partial charge on any atom is 0.104 e. The number of aliphatic hydroxyl groups is 4. The lowest BCUT2D eigenvalue weighted by atomic mass is 9.92. The molecule has 36 heteroatoms. The van der Waals surface area contributed by atoms with Crippen LogP contribution in [0.5, 0.6) is 0 Å². The van der Waals surface area contributed by atoms with E-state index in [9.17, 15) is 20.4 Å². The summed E-state index contributed by atoms with van der Waals surface area (Å²) in [6, 6.07) is 0. The van der Waals surface area contributed by atoms with Gasteiger partial charge in [0.25, 0.3) is 0 Å². The summed E-state index contributed by atoms with van der Waals surface area (Å²) in [5.74, 6) is 0. The molecule has 4 rings (SSSR count). The average Bonchev–Trinajstić information content (AvgIpc) is 1.79. The van der Waals surface area contributed by atoms with Gasteiger partial charge >= 0.3 is 0 Å². The monoisotopic (exact) mass is 1450 g/mol. The molecule has 30 N–H and O–H groups in total. The molecule has 598 valence electrons. The summed E-state index contributed by atoms with van der Waals surface area (Å²) in [5, 5.41) is 56.5. The molecule has 4 saturated heterocycles. The number of nitrogens with two attached hydrogens (primary N) is 11. The second kappa shape index (κ2) is 63.6. The summed E-state index contributed by atoms with van der Waals surface area (Å²) in [4.78, 5) is 10.8. The van der Waals surface area contributed by atoms with Gasteiger partial charge in [-0.1, -0.05) is 0 Å². The van der Waals surface area contributed by atoms with Crippen LogP contribution in [0.4, 0.5) is 0 Å². The highest BCUT2D eigenvalue weighted by molar-refractivity contribution is 4.84. The van der Waals surface area contributed by atoms with Gasteiger partial charge in [-0.3, -0.25) is 24.5 Å². The third kappa shape index (κ3) is 54.2. The van der Waals surface area contributed by atoms with Gasteiger partial charge in [-0.25, -0.2) is 0 Å². The molecule has 4 heterocycles. The normalized spacial score (nSPS) is 19.6. The summed E-state index contributed by atoms with van der Waals surface area (Å²) in [5.41, 5.74) is 60.7. The van der Waals surface area contributed by atoms with Gasteiger partial charge in [0.1, 0.15) is 24.4 Å². The molecule has 0 aromatic rings. The lowest BCUT2D eigenvalue weighted by Gasteiger charge is -2.34. The Bertz CT molecular complexity index is 1520. The third-order valence-electron chi connectivity index (χ3n) is 16.2. The fourth-order valence-electron chi connectivity index (χ4n) is 10.4. The van der Waals surface area contributed by atoms with E-state index in [0.717, 1.165) is 125 Å². The minimum atomic E-state index is -0.952. The zero-order chi connectivity index (χ0) is 73.0. The summed E-state index contributed by atoms with van der Waals surface area (Å²) >= 11 is 0. The number of hydrogen-bond acceptors (Lipinski definition) is 36. The zero-order valence-electron chi connectivity index (χ0n) is 61.1. The minimum Gasteiger partial charge on any atom is -0.389 e. The first-order chi connectivity index (χ1) is 48.7. The summed E-state index contributed by atoms with van der Waals surface area (Å²) < 4.78 is 69.0. The topological polar surface area (TPSA) is 555 Å². The minimum absolute atomic E-state index is 0.0116. The first-order valence-electron chi connectivity index (χ1n) is 36.7. The van der Waals surface area contributed by atoms with E-state index in [1.807, 2.05) is 0 Å². The van der Waals surface area contributed by atoms with Crippen LogP contribution in [0.25, 0.3) is 0 Å². The Morgan fingerprint density at radius 2 is 0.440 bits per heavy atom. The molecule has 8 unspecified atom stereocenters. The molecule has 0 bridgehead atoms. The number of hydrogen-bond donors (Lipinski definition) is 19. The van der Waals surface area contributed by atoms with E-state index in [2.05, 4.69) is 45.8 Å². The number of nitrogens with one attached hydrogen (secondary N) is 4. The van der Waals surface area contributed by atoms with Crippen molar-refractivity contribution < 1.29 is 77.3 Å². The summed E-state index contributed by atoms with van der Waals surface area (Å²) in [7, 11) is 0. The van der Waals surface area contributed by atoms with Crippen molar-refractivity contribution in [3.8, 4) is 0 Å². The Kier molecular flexibility index (Phi) is 60.2. The quantitative estimate of drug-likeness (QED) is 0.0199. The fraction of sp³-hybridized carbons (Fsp3) is 1.00. The van der Waals surface area contributed by atoms with Crippen molar-refractivity contribution in [2.45, 2.75) is 48.8 Å². The van der Waals surface area contributed by atoms with E-state index >= 15 is 0 Å². The van der Waals surface area contributed by atoms with Crippen molar-refractivity contribution in [3.63, 3.8) is 0 Å². The van der Waals surface area contributed by atoms with Crippen LogP contribution in [0.3, 0.4) is 0 Å². The van der Waals surface area contributed by atoms with E-state index in [4.69, 9.17) is 120 Å². The first kappa shape index (κ1) is 94.6. The van der Waals surface area contributed by atoms with Gasteiger partial charge < -0.3 is 162 Å². The van der Waals surface area contributed by atoms with Gasteiger partial charge in [0.05, 0.1) is 167 Å². The summed E-state index contributed by atoms with van der Waals surface area (Å²) in [6.07, 6.45) is -2.32. The maximum atomic E-state index is 10.9. The van der Waals surface area contributed by atoms with Gasteiger partial charge in [0, 0.05) is 223 Å². The van der Waals surface area contributed by atoms with E-state index in [-0.39, 0.29) is 82.7 Å². The lowest BCUT2D eigenvalue weighted by molar-refractivity contribution is -0.131. The van der Waals surface area contributed by atoms with E-state index in [0.29, 0.717) is 177 Å². The predicted octanol–water partition coefficient (Wildman–Crippen LogP) is -11.5. The molecule has 0 amide bonds. The van der Waals surface area contributed by atoms with E-state index in [1.165, 1.54) is 0 Å². The van der Waals surface area contributed by atoms with Crippen molar-refractivity contribution in [2.75, 3.05) is 355 Å². The van der Waals surface area contributed by atoms with Crippen molar-refractivity contribution in [3.05, 3.63) is 0 Å². The molecule has 4 aliphatic rings. The van der Waals surface area contributed by atoms with Crippen LogP contribution in [0, 0.1) is 10.8 Å². The molecule has 0 spiro atoms. The van der Waals surface area contributed by atoms with Crippen LogP contribution < -0.4 is 84.3 Å². The van der Waals surface area contributed by atoms with Crippen molar-refractivity contribution in [2.24, 2.45) is 73.9 Å². The van der Waals surface area contributed by atoms with Crippen LogP contribution in [-0.4, -0.2) is 448 Å². The van der Waals surface area contributed by atoms with Gasteiger partial charge in [0.2, 0.25) is 0 Å². The molecule has 0 aliphatic carbocycles. The molecule has 4 aliphatic heterocycles. The second-order valence-corrected chi connectivity index (χ2v) is 26.3. The molecule has 36 nitrogen and oxygen atoms in total. The van der Waals surface area contributed by atoms with Gasteiger partial charge in [-0.05, 0) is 0 Å². The molecule has 8 atom stereocenters. The van der Waals surface area contributed by atoms with Gasteiger partial charge in [-0.2, -0.15) is 0 Å². The SMILES string of the molecule is C(OCC(COCC1CO1)(COCC1CO1)COCC1CO1)C1CO1.NCCN(CCN)CCN.NCCN(CCN)CCNCC(O)COCC(COCC(O)CNCCN(CCN)CCN)(COCC(O)CNCCN(CCN)CCN)COCC(O)CNCCN(CCN)CCN. The number of aliphatic hydroxyl groups excluding tert-OH is 4. The molecule has 0 aromatic carbocycles. The number of nitrogens with zero attached hydrogens (tertiary/aromatic N) is 5. The average molecular weight is 1450 g/mol. The first-order valence-corrected chi connectivity index (χ1v) is 36.7. The maximum absolute atomic E-state index is 10.9. The van der Waals surface area contributed by atoms with E-state index < -0.39 is 29.8 Å². The van der Waals surface area contributed by atoms with Crippen LogP contribution in [-0.2, 0) is 56.8 Å². The van der Waals surface area contributed by atoms with E-state index in [1.54, 1.807) is 0 Å². The lowest BCUT2D eigenvalue weighted by Crippen LogP contribution is -2.46. The second-order valence-electron chi connectivity index (χ2n) is 26.3. The molecule has 0 saturated carbocycles. The molecule has 0 aromatic heterocycles. The molecule has 100 heavy (non-hydrogen) atoms. The molecule has 0 radical (unpaired) electrons. The Balaban J connectivity index is 0.000000775. The Labute approximate surface area is 598 Å². The molecular weight excluding hydrogens is 1300 g/mol. The standard InChI is InChI=1S/C41H100N16O8.C17H28O8.C6H18N4/c42-1-13-54(14-2-43)21-9-50-25-37(58)29-62-33-41(34-63-30-38(59)26-51-10-22-55(15-3-44)16-4-45,35-64-31-39(60)27-52-11-23-56(17-5-46)18-6-47)36-65-32-40(61)28-53-12-24-57(19-7-48)20-8-49;1(13-5-22-13)18-9-17(10-19-2-14-6-23-14,11-20-3-15-7-24-15)12-21-4-16-8-25-16;7-1-4-10(5-2-8)6-3-9/h37-40,50-53,58-61H,1-36,42-49H2;13-16H,1-12H2;1-9H2. The van der Waals surface area contributed by atoms with Gasteiger partial charge in [-0.15, -0.1) is 0 Å². The van der Waals surface area contributed by atoms with Crippen LogP contribution >= 0.6 is 0 Å².